The first-order valence-corrected chi connectivity index (χ1v) is 11.7. The van der Waals surface area contributed by atoms with Crippen molar-refractivity contribution in [2.45, 2.75) is 32.3 Å². The molecule has 0 saturated heterocycles. The summed E-state index contributed by atoms with van der Waals surface area (Å²) in [6.07, 6.45) is 0.569. The van der Waals surface area contributed by atoms with E-state index in [1.54, 1.807) is 12.1 Å². The number of hydrogen-bond donors (Lipinski definition) is 1. The van der Waals surface area contributed by atoms with Gasteiger partial charge < -0.3 is 5.32 Å². The Bertz CT molecular complexity index is 1240. The van der Waals surface area contributed by atoms with Crippen molar-refractivity contribution in [3.63, 3.8) is 0 Å². The number of carbonyl (C=O) groups excluding carboxylic acids is 2. The Balaban J connectivity index is 1.67. The van der Waals surface area contributed by atoms with E-state index in [0.29, 0.717) is 22.3 Å². The van der Waals surface area contributed by atoms with Crippen molar-refractivity contribution >= 4 is 40.9 Å². The number of thioether (sulfide) groups is 1. The van der Waals surface area contributed by atoms with E-state index < -0.39 is 0 Å². The average Bonchev–Trinajstić information content (AvgIpc) is 2.99. The Kier molecular flexibility index (Phi) is 6.81. The Hall–Kier alpha value is -3.16. The van der Waals surface area contributed by atoms with Crippen molar-refractivity contribution in [3.05, 3.63) is 92.7 Å². The summed E-state index contributed by atoms with van der Waals surface area (Å²) in [6, 6.07) is 17.0. The Labute approximate surface area is 202 Å². The highest BCUT2D eigenvalue weighted by Crippen LogP contribution is 2.35. The second kappa shape index (κ2) is 9.77. The number of nitrogens with one attached hydrogen (secondary N) is 1. The largest absolute Gasteiger partial charge is 0.350 e. The highest BCUT2D eigenvalue weighted by Gasteiger charge is 2.39. The van der Waals surface area contributed by atoms with Crippen LogP contribution in [0.2, 0.25) is 5.02 Å². The van der Waals surface area contributed by atoms with Crippen molar-refractivity contribution in [2.24, 2.45) is 0 Å². The number of rotatable bonds is 7. The molecule has 0 saturated carbocycles. The van der Waals surface area contributed by atoms with Gasteiger partial charge in [0.2, 0.25) is 0 Å². The molecule has 0 radical (unpaired) electrons. The third-order valence-corrected chi connectivity index (χ3v) is 6.63. The molecule has 1 N–H and O–H groups in total. The summed E-state index contributed by atoms with van der Waals surface area (Å²) in [4.78, 5) is 37.2. The average molecular weight is 479 g/mol. The molecule has 2 amide bonds. The van der Waals surface area contributed by atoms with Crippen LogP contribution < -0.4 is 5.32 Å². The van der Waals surface area contributed by atoms with E-state index in [9.17, 15) is 9.59 Å². The number of aromatic nitrogens is 2. The number of hydrogen-bond acceptors (Lipinski definition) is 6. The van der Waals surface area contributed by atoms with Gasteiger partial charge in [0.15, 0.2) is 5.16 Å². The van der Waals surface area contributed by atoms with Crippen molar-refractivity contribution < 1.29 is 9.59 Å². The third kappa shape index (κ3) is 5.10. The number of halogens is 1. The van der Waals surface area contributed by atoms with Gasteiger partial charge >= 0.3 is 0 Å². The minimum Gasteiger partial charge on any atom is -0.350 e. The molecule has 1 aliphatic rings. The van der Waals surface area contributed by atoms with E-state index in [-0.39, 0.29) is 29.0 Å². The molecule has 0 spiro atoms. The minimum absolute atomic E-state index is 0.214. The molecular formula is C25H23ClN4O2S. The lowest BCUT2D eigenvalue weighted by Crippen LogP contribution is -2.34. The van der Waals surface area contributed by atoms with Gasteiger partial charge in [-0.05, 0) is 68.3 Å². The zero-order valence-electron chi connectivity index (χ0n) is 18.6. The zero-order chi connectivity index (χ0) is 23.5. The predicted molar refractivity (Wildman–Crippen MR) is 131 cm³/mol. The van der Waals surface area contributed by atoms with E-state index in [1.807, 2.05) is 63.2 Å². The molecule has 6 nitrogen and oxygen atoms in total. The summed E-state index contributed by atoms with van der Waals surface area (Å²) in [6.45, 7) is 5.88. The van der Waals surface area contributed by atoms with E-state index in [4.69, 9.17) is 11.6 Å². The number of imide groups is 1. The first-order valence-electron chi connectivity index (χ1n) is 10.5. The van der Waals surface area contributed by atoms with Crippen molar-refractivity contribution in [2.75, 3.05) is 11.9 Å². The first kappa shape index (κ1) is 23.0. The van der Waals surface area contributed by atoms with Gasteiger partial charge in [-0.1, -0.05) is 48.0 Å². The fourth-order valence-corrected chi connectivity index (χ4v) is 4.73. The molecule has 0 unspecified atom stereocenters. The van der Waals surface area contributed by atoms with Crippen LogP contribution in [0.4, 0.5) is 5.69 Å². The molecule has 0 atom stereocenters. The van der Waals surface area contributed by atoms with Gasteiger partial charge in [-0.25, -0.2) is 9.97 Å². The lowest BCUT2D eigenvalue weighted by Gasteiger charge is -2.15. The SMILES string of the molecule is Cc1cc(C)nc(SC2=C(Nc3cccc(Cl)c3C)C(=O)N(CCc3ccccc3)C2=O)n1. The maximum Gasteiger partial charge on any atom is 0.278 e. The van der Waals surface area contributed by atoms with Gasteiger partial charge in [0.1, 0.15) is 10.6 Å². The number of anilines is 1. The molecule has 0 aliphatic carbocycles. The predicted octanol–water partition coefficient (Wildman–Crippen LogP) is 5.08. The molecule has 4 rings (SSSR count). The van der Waals surface area contributed by atoms with Gasteiger partial charge in [-0.3, -0.25) is 14.5 Å². The molecule has 3 aromatic rings. The molecule has 33 heavy (non-hydrogen) atoms. The van der Waals surface area contributed by atoms with Crippen LogP contribution in [0.5, 0.6) is 0 Å². The van der Waals surface area contributed by atoms with E-state index in [0.717, 1.165) is 34.3 Å². The standard InChI is InChI=1S/C25H23ClN4O2S/c1-15-14-16(2)28-25(27-15)33-22-21(29-20-11-7-10-19(26)17(20)3)23(31)30(24(22)32)13-12-18-8-5-4-6-9-18/h4-11,14,29H,12-13H2,1-3H3. The molecule has 1 aliphatic heterocycles. The van der Waals surface area contributed by atoms with Crippen LogP contribution in [-0.4, -0.2) is 33.2 Å². The van der Waals surface area contributed by atoms with Crippen molar-refractivity contribution in [3.8, 4) is 0 Å². The number of aryl methyl sites for hydroxylation is 2. The molecule has 0 fully saturated rings. The normalized spacial score (nSPS) is 13.8. The number of benzene rings is 2. The monoisotopic (exact) mass is 478 g/mol. The van der Waals surface area contributed by atoms with Gasteiger partial charge in [-0.2, -0.15) is 0 Å². The van der Waals surface area contributed by atoms with Gasteiger partial charge in [0.25, 0.3) is 11.8 Å². The van der Waals surface area contributed by atoms with E-state index in [1.165, 1.54) is 4.90 Å². The first-order chi connectivity index (χ1) is 15.8. The van der Waals surface area contributed by atoms with E-state index >= 15 is 0 Å². The smallest absolute Gasteiger partial charge is 0.278 e. The molecule has 168 valence electrons. The molecular weight excluding hydrogens is 456 g/mol. The van der Waals surface area contributed by atoms with Gasteiger partial charge in [-0.15, -0.1) is 0 Å². The van der Waals surface area contributed by atoms with E-state index in [2.05, 4.69) is 15.3 Å². The van der Waals surface area contributed by atoms with Gasteiger partial charge in [0.05, 0.1) is 0 Å². The fourth-order valence-electron chi connectivity index (χ4n) is 3.56. The van der Waals surface area contributed by atoms with Gasteiger partial charge in [0, 0.05) is 28.6 Å². The van der Waals surface area contributed by atoms with Crippen LogP contribution in [0.25, 0.3) is 0 Å². The second-order valence-electron chi connectivity index (χ2n) is 7.77. The number of nitrogens with zero attached hydrogens (tertiary/aromatic N) is 3. The zero-order valence-corrected chi connectivity index (χ0v) is 20.1. The maximum absolute atomic E-state index is 13.4. The summed E-state index contributed by atoms with van der Waals surface area (Å²) >= 11 is 7.37. The Morgan fingerprint density at radius 3 is 2.33 bits per heavy atom. The molecule has 2 aromatic carbocycles. The summed E-state index contributed by atoms with van der Waals surface area (Å²) < 4.78 is 0. The minimum atomic E-state index is -0.373. The highest BCUT2D eigenvalue weighted by molar-refractivity contribution is 8.04. The Morgan fingerprint density at radius 2 is 1.64 bits per heavy atom. The van der Waals surface area contributed by atoms with Crippen molar-refractivity contribution in [1.29, 1.82) is 0 Å². The van der Waals surface area contributed by atoms with Crippen LogP contribution >= 0.6 is 23.4 Å². The summed E-state index contributed by atoms with van der Waals surface area (Å²) in [5.41, 5.74) is 4.32. The molecule has 2 heterocycles. The van der Waals surface area contributed by atoms with Crippen LogP contribution in [0.15, 0.2) is 70.4 Å². The highest BCUT2D eigenvalue weighted by atomic mass is 35.5. The quantitative estimate of drug-likeness (QED) is 0.377. The maximum atomic E-state index is 13.4. The molecule has 0 bridgehead atoms. The van der Waals surface area contributed by atoms with Crippen LogP contribution in [0, 0.1) is 20.8 Å². The number of carbonyl (C=O) groups is 2. The second-order valence-corrected chi connectivity index (χ2v) is 9.16. The van der Waals surface area contributed by atoms with Crippen LogP contribution in [0.3, 0.4) is 0 Å². The van der Waals surface area contributed by atoms with Crippen LogP contribution in [0.1, 0.15) is 22.5 Å². The molecule has 8 heteroatoms. The Morgan fingerprint density at radius 1 is 0.939 bits per heavy atom. The summed E-state index contributed by atoms with van der Waals surface area (Å²) in [5.74, 6) is -0.729. The summed E-state index contributed by atoms with van der Waals surface area (Å²) in [5, 5.41) is 4.17. The topological polar surface area (TPSA) is 75.2 Å². The van der Waals surface area contributed by atoms with Crippen molar-refractivity contribution in [1.82, 2.24) is 14.9 Å². The van der Waals surface area contributed by atoms with Crippen LogP contribution in [-0.2, 0) is 16.0 Å². The summed E-state index contributed by atoms with van der Waals surface area (Å²) in [7, 11) is 0. The fraction of sp³-hybridized carbons (Fsp3) is 0.200. The number of amides is 2. The third-order valence-electron chi connectivity index (χ3n) is 5.27. The lowest BCUT2D eigenvalue weighted by atomic mass is 10.1. The lowest BCUT2D eigenvalue weighted by molar-refractivity contribution is -0.137. The molecule has 1 aromatic heterocycles.